The molecule has 9 nitrogen and oxygen atoms in total. The number of carbonyl (C=O) groups is 2. The van der Waals surface area contributed by atoms with Gasteiger partial charge < -0.3 is 20.1 Å². The van der Waals surface area contributed by atoms with Gasteiger partial charge in [-0.25, -0.2) is 10.2 Å². The first kappa shape index (κ1) is 22.9. The van der Waals surface area contributed by atoms with E-state index in [9.17, 15) is 22.8 Å². The molecule has 172 valence electrons. The highest BCUT2D eigenvalue weighted by Gasteiger charge is 2.44. The van der Waals surface area contributed by atoms with E-state index in [0.717, 1.165) is 12.1 Å². The number of amides is 3. The SMILES string of the molecule is CC(CC(=O)NNC(N)=O)N1CCOC2(CCN(c3ccc(OC(F)(F)F)cc3)C2)C1. The lowest BCUT2D eigenvalue weighted by molar-refractivity contribution is -0.274. The van der Waals surface area contributed by atoms with Gasteiger partial charge in [0.2, 0.25) is 5.91 Å². The summed E-state index contributed by atoms with van der Waals surface area (Å²) in [6, 6.07) is 4.86. The summed E-state index contributed by atoms with van der Waals surface area (Å²) in [7, 11) is 0. The summed E-state index contributed by atoms with van der Waals surface area (Å²) >= 11 is 0. The average Bonchev–Trinajstić information content (AvgIpc) is 3.09. The first-order valence-corrected chi connectivity index (χ1v) is 9.88. The molecule has 4 N–H and O–H groups in total. The van der Waals surface area contributed by atoms with E-state index in [1.807, 2.05) is 6.92 Å². The number of nitrogens with zero attached hydrogens (tertiary/aromatic N) is 2. The van der Waals surface area contributed by atoms with Crippen molar-refractivity contribution in [2.75, 3.05) is 37.7 Å². The molecule has 0 radical (unpaired) electrons. The first-order chi connectivity index (χ1) is 14.6. The second kappa shape index (κ2) is 9.18. The molecule has 2 fully saturated rings. The van der Waals surface area contributed by atoms with Gasteiger partial charge in [0.15, 0.2) is 0 Å². The molecule has 1 aromatic carbocycles. The third-order valence-corrected chi connectivity index (χ3v) is 5.46. The number of benzene rings is 1. The van der Waals surface area contributed by atoms with Crippen molar-refractivity contribution in [1.82, 2.24) is 15.8 Å². The fourth-order valence-corrected chi connectivity index (χ4v) is 4.00. The number of urea groups is 1. The van der Waals surface area contributed by atoms with Crippen LogP contribution in [-0.4, -0.2) is 67.6 Å². The van der Waals surface area contributed by atoms with Gasteiger partial charge in [-0.1, -0.05) is 0 Å². The number of morpholine rings is 1. The maximum atomic E-state index is 12.3. The summed E-state index contributed by atoms with van der Waals surface area (Å²) in [5.41, 5.74) is 9.61. The van der Waals surface area contributed by atoms with E-state index in [2.05, 4.69) is 25.4 Å². The molecule has 2 aliphatic heterocycles. The van der Waals surface area contributed by atoms with Crippen LogP contribution in [0.2, 0.25) is 0 Å². The third kappa shape index (κ3) is 6.37. The van der Waals surface area contributed by atoms with Crippen molar-refractivity contribution in [2.45, 2.75) is 37.8 Å². The summed E-state index contributed by atoms with van der Waals surface area (Å²) in [5, 5.41) is 0. The van der Waals surface area contributed by atoms with Gasteiger partial charge >= 0.3 is 12.4 Å². The second-order valence-electron chi connectivity index (χ2n) is 7.81. The predicted octanol–water partition coefficient (Wildman–Crippen LogP) is 1.34. The fraction of sp³-hybridized carbons (Fsp3) is 0.579. The molecule has 0 aromatic heterocycles. The highest BCUT2D eigenvalue weighted by molar-refractivity contribution is 5.80. The Kier molecular flexibility index (Phi) is 6.80. The summed E-state index contributed by atoms with van der Waals surface area (Å²) in [6.45, 7) is 5.02. The monoisotopic (exact) mass is 445 g/mol. The Morgan fingerprint density at radius 2 is 1.94 bits per heavy atom. The standard InChI is InChI=1S/C19H26F3N5O4/c1-13(10-16(28)24-25-17(23)29)26-8-9-30-18(11-26)6-7-27(12-18)14-2-4-15(5-3-14)31-19(20,21)22/h2-5,13H,6-12H2,1H3,(H,24,28)(H3,23,25,29). The van der Waals surface area contributed by atoms with Crippen LogP contribution in [-0.2, 0) is 9.53 Å². The van der Waals surface area contributed by atoms with Gasteiger partial charge in [0.05, 0.1) is 12.2 Å². The molecule has 1 spiro atoms. The number of carbonyl (C=O) groups excluding carboxylic acids is 2. The summed E-state index contributed by atoms with van der Waals surface area (Å²) in [4.78, 5) is 26.9. The molecule has 31 heavy (non-hydrogen) atoms. The predicted molar refractivity (Wildman–Crippen MR) is 105 cm³/mol. The van der Waals surface area contributed by atoms with E-state index in [-0.39, 0.29) is 24.1 Å². The molecule has 1 aromatic rings. The molecule has 2 aliphatic rings. The van der Waals surface area contributed by atoms with Gasteiger partial charge in [-0.15, -0.1) is 13.2 Å². The Bertz CT molecular complexity index is 792. The van der Waals surface area contributed by atoms with E-state index in [4.69, 9.17) is 10.5 Å². The van der Waals surface area contributed by atoms with Crippen molar-refractivity contribution in [3.63, 3.8) is 0 Å². The van der Waals surface area contributed by atoms with Crippen LogP contribution in [0, 0.1) is 0 Å². The number of nitrogens with one attached hydrogen (secondary N) is 2. The molecular formula is C19H26F3N5O4. The third-order valence-electron chi connectivity index (χ3n) is 5.46. The molecule has 2 unspecified atom stereocenters. The smallest absolute Gasteiger partial charge is 0.406 e. The minimum atomic E-state index is -4.72. The van der Waals surface area contributed by atoms with Crippen molar-refractivity contribution in [2.24, 2.45) is 5.73 Å². The zero-order chi connectivity index (χ0) is 22.6. The maximum Gasteiger partial charge on any atom is 0.573 e. The Morgan fingerprint density at radius 1 is 1.23 bits per heavy atom. The number of hydrogen-bond donors (Lipinski definition) is 3. The second-order valence-corrected chi connectivity index (χ2v) is 7.81. The summed E-state index contributed by atoms with van der Waals surface area (Å²) < 4.78 is 47.0. The first-order valence-electron chi connectivity index (χ1n) is 9.88. The number of ether oxygens (including phenoxy) is 2. The van der Waals surface area contributed by atoms with Gasteiger partial charge in [0.25, 0.3) is 0 Å². The average molecular weight is 445 g/mol. The maximum absolute atomic E-state index is 12.3. The lowest BCUT2D eigenvalue weighted by atomic mass is 9.99. The molecule has 3 amide bonds. The Hall–Kier alpha value is -2.73. The van der Waals surface area contributed by atoms with E-state index in [0.29, 0.717) is 32.8 Å². The molecular weight excluding hydrogens is 419 g/mol. The van der Waals surface area contributed by atoms with Crippen molar-refractivity contribution in [1.29, 1.82) is 0 Å². The fourth-order valence-electron chi connectivity index (χ4n) is 4.00. The number of alkyl halides is 3. The molecule has 2 heterocycles. The van der Waals surface area contributed by atoms with Gasteiger partial charge in [0.1, 0.15) is 5.75 Å². The number of primary amides is 1. The van der Waals surface area contributed by atoms with Crippen LogP contribution in [0.5, 0.6) is 5.75 Å². The van der Waals surface area contributed by atoms with E-state index in [1.165, 1.54) is 12.1 Å². The topological polar surface area (TPSA) is 109 Å². The Labute approximate surface area is 177 Å². The zero-order valence-electron chi connectivity index (χ0n) is 17.1. The van der Waals surface area contributed by atoms with Gasteiger partial charge in [-0.3, -0.25) is 15.1 Å². The van der Waals surface area contributed by atoms with Crippen molar-refractivity contribution < 1.29 is 32.2 Å². The lowest BCUT2D eigenvalue weighted by Crippen LogP contribution is -2.56. The van der Waals surface area contributed by atoms with E-state index < -0.39 is 18.0 Å². The Morgan fingerprint density at radius 3 is 2.58 bits per heavy atom. The zero-order valence-corrected chi connectivity index (χ0v) is 17.1. The number of hydrogen-bond acceptors (Lipinski definition) is 6. The van der Waals surface area contributed by atoms with Crippen molar-refractivity contribution >= 4 is 17.6 Å². The largest absolute Gasteiger partial charge is 0.573 e. The molecule has 2 atom stereocenters. The van der Waals surface area contributed by atoms with Crippen LogP contribution < -0.4 is 26.2 Å². The molecule has 0 saturated carbocycles. The lowest BCUT2D eigenvalue weighted by Gasteiger charge is -2.43. The van der Waals surface area contributed by atoms with Crippen LogP contribution in [0.4, 0.5) is 23.7 Å². The normalized spacial score (nSPS) is 22.9. The van der Waals surface area contributed by atoms with Crippen LogP contribution in [0.15, 0.2) is 24.3 Å². The molecule has 12 heteroatoms. The van der Waals surface area contributed by atoms with Crippen LogP contribution in [0.1, 0.15) is 19.8 Å². The minimum absolute atomic E-state index is 0.0803. The van der Waals surface area contributed by atoms with Crippen molar-refractivity contribution in [3.05, 3.63) is 24.3 Å². The molecule has 2 saturated heterocycles. The molecule has 0 aliphatic carbocycles. The highest BCUT2D eigenvalue weighted by Crippen LogP contribution is 2.34. The summed E-state index contributed by atoms with van der Waals surface area (Å²) in [5.74, 6) is -0.607. The number of halogens is 3. The van der Waals surface area contributed by atoms with Crippen molar-refractivity contribution in [3.8, 4) is 5.75 Å². The number of hydrazine groups is 1. The molecule has 0 bridgehead atoms. The quantitative estimate of drug-likeness (QED) is 0.591. The summed E-state index contributed by atoms with van der Waals surface area (Å²) in [6.07, 6.45) is -3.78. The Balaban J connectivity index is 1.56. The van der Waals surface area contributed by atoms with Crippen LogP contribution in [0.25, 0.3) is 0 Å². The number of nitrogens with two attached hydrogens (primary N) is 1. The number of anilines is 1. The van der Waals surface area contributed by atoms with E-state index >= 15 is 0 Å². The van der Waals surface area contributed by atoms with E-state index in [1.54, 1.807) is 12.1 Å². The minimum Gasteiger partial charge on any atom is -0.406 e. The van der Waals surface area contributed by atoms with Gasteiger partial charge in [-0.05, 0) is 37.6 Å². The van der Waals surface area contributed by atoms with Crippen LogP contribution in [0.3, 0.4) is 0 Å². The van der Waals surface area contributed by atoms with Gasteiger partial charge in [-0.2, -0.15) is 0 Å². The highest BCUT2D eigenvalue weighted by atomic mass is 19.4. The van der Waals surface area contributed by atoms with Crippen LogP contribution >= 0.6 is 0 Å². The molecule has 3 rings (SSSR count). The number of rotatable bonds is 5. The van der Waals surface area contributed by atoms with Gasteiger partial charge in [0, 0.05) is 44.3 Å².